The van der Waals surface area contributed by atoms with Gasteiger partial charge in [0.25, 0.3) is 5.56 Å². The van der Waals surface area contributed by atoms with Crippen LogP contribution >= 0.6 is 0 Å². The van der Waals surface area contributed by atoms with E-state index < -0.39 is 11.2 Å². The predicted molar refractivity (Wildman–Crippen MR) is 128 cm³/mol. The third-order valence-corrected chi connectivity index (χ3v) is 6.45. The van der Waals surface area contributed by atoms with E-state index in [0.29, 0.717) is 29.9 Å². The Morgan fingerprint density at radius 1 is 1.12 bits per heavy atom. The van der Waals surface area contributed by atoms with Crippen molar-refractivity contribution >= 4 is 11.2 Å². The molecule has 172 valence electrons. The lowest BCUT2D eigenvalue weighted by molar-refractivity contribution is 0.0950. The van der Waals surface area contributed by atoms with Gasteiger partial charge in [0.1, 0.15) is 0 Å². The lowest BCUT2D eigenvalue weighted by Crippen LogP contribution is -2.42. The van der Waals surface area contributed by atoms with Crippen molar-refractivity contribution in [2.75, 3.05) is 6.61 Å². The van der Waals surface area contributed by atoms with E-state index in [1.165, 1.54) is 4.57 Å². The van der Waals surface area contributed by atoms with E-state index in [1.807, 2.05) is 44.2 Å². The molecule has 2 aromatic carbocycles. The molecule has 4 aromatic rings. The van der Waals surface area contributed by atoms with Crippen molar-refractivity contribution in [1.82, 2.24) is 18.7 Å². The molecule has 1 fully saturated rings. The zero-order chi connectivity index (χ0) is 23.8. The van der Waals surface area contributed by atoms with Gasteiger partial charge in [0.15, 0.2) is 11.2 Å². The SMILES string of the molecule is Cc1cccc(C)c1-n1c(=O)n(C[C@@H]2CCCO2)c(=O)c2c1ncn2Cc1ccccc1C#N. The summed E-state index contributed by atoms with van der Waals surface area (Å²) in [5.41, 5.74) is 3.68. The molecule has 8 heteroatoms. The smallest absolute Gasteiger partial charge is 0.337 e. The highest BCUT2D eigenvalue weighted by atomic mass is 16.5. The fourth-order valence-corrected chi connectivity index (χ4v) is 4.76. The molecule has 8 nitrogen and oxygen atoms in total. The molecule has 0 unspecified atom stereocenters. The van der Waals surface area contributed by atoms with Gasteiger partial charge in [-0.1, -0.05) is 36.4 Å². The number of aryl methyl sites for hydroxylation is 2. The van der Waals surface area contributed by atoms with Crippen molar-refractivity contribution in [1.29, 1.82) is 5.26 Å². The number of fused-ring (bicyclic) bond motifs is 1. The molecular weight excluding hydrogens is 430 g/mol. The van der Waals surface area contributed by atoms with Crippen LogP contribution in [0.5, 0.6) is 0 Å². The second-order valence-corrected chi connectivity index (χ2v) is 8.72. The molecule has 0 spiro atoms. The molecule has 0 N–H and O–H groups in total. The van der Waals surface area contributed by atoms with Gasteiger partial charge in [-0.3, -0.25) is 9.36 Å². The number of aromatic nitrogens is 4. The highest BCUT2D eigenvalue weighted by Gasteiger charge is 2.24. The van der Waals surface area contributed by atoms with Crippen LogP contribution in [-0.2, 0) is 17.8 Å². The zero-order valence-corrected chi connectivity index (χ0v) is 19.2. The number of rotatable bonds is 5. The molecule has 3 heterocycles. The van der Waals surface area contributed by atoms with Crippen molar-refractivity contribution < 1.29 is 4.74 Å². The van der Waals surface area contributed by atoms with Gasteiger partial charge in [0, 0.05) is 6.61 Å². The molecule has 0 bridgehead atoms. The number of ether oxygens (including phenoxy) is 1. The minimum Gasteiger partial charge on any atom is -0.376 e. The molecule has 0 amide bonds. The summed E-state index contributed by atoms with van der Waals surface area (Å²) in [7, 11) is 0. The molecule has 1 saturated heterocycles. The van der Waals surface area contributed by atoms with Gasteiger partial charge in [-0.25, -0.2) is 14.3 Å². The third-order valence-electron chi connectivity index (χ3n) is 6.45. The van der Waals surface area contributed by atoms with Crippen LogP contribution in [0.25, 0.3) is 16.9 Å². The Morgan fingerprint density at radius 3 is 2.59 bits per heavy atom. The van der Waals surface area contributed by atoms with Crippen LogP contribution in [0.1, 0.15) is 35.1 Å². The first-order valence-corrected chi connectivity index (χ1v) is 11.4. The van der Waals surface area contributed by atoms with Gasteiger partial charge in [0.2, 0.25) is 0 Å². The average molecular weight is 456 g/mol. The van der Waals surface area contributed by atoms with Gasteiger partial charge in [-0.2, -0.15) is 5.26 Å². The first-order chi connectivity index (χ1) is 16.5. The molecule has 0 saturated carbocycles. The summed E-state index contributed by atoms with van der Waals surface area (Å²) in [4.78, 5) is 31.9. The van der Waals surface area contributed by atoms with Gasteiger partial charge in [-0.15, -0.1) is 0 Å². The Labute approximate surface area is 196 Å². The van der Waals surface area contributed by atoms with Gasteiger partial charge in [0.05, 0.1) is 42.8 Å². The first-order valence-electron chi connectivity index (χ1n) is 11.4. The summed E-state index contributed by atoms with van der Waals surface area (Å²) < 4.78 is 10.3. The Morgan fingerprint density at radius 2 is 1.88 bits per heavy atom. The number of para-hydroxylation sites is 1. The monoisotopic (exact) mass is 455 g/mol. The summed E-state index contributed by atoms with van der Waals surface area (Å²) in [6, 6.07) is 15.3. The molecule has 0 radical (unpaired) electrons. The van der Waals surface area contributed by atoms with E-state index in [4.69, 9.17) is 4.74 Å². The van der Waals surface area contributed by atoms with Crippen molar-refractivity contribution in [2.45, 2.75) is 45.9 Å². The molecule has 1 aliphatic rings. The van der Waals surface area contributed by atoms with Crippen molar-refractivity contribution in [3.8, 4) is 11.8 Å². The summed E-state index contributed by atoms with van der Waals surface area (Å²) in [6.45, 7) is 5.00. The zero-order valence-electron chi connectivity index (χ0n) is 19.2. The highest BCUT2D eigenvalue weighted by Crippen LogP contribution is 2.22. The van der Waals surface area contributed by atoms with Crippen molar-refractivity contribution in [3.05, 3.63) is 91.9 Å². The van der Waals surface area contributed by atoms with E-state index >= 15 is 0 Å². The molecular formula is C26H25N5O3. The fourth-order valence-electron chi connectivity index (χ4n) is 4.76. The fraction of sp³-hybridized carbons (Fsp3) is 0.308. The largest absolute Gasteiger partial charge is 0.376 e. The predicted octanol–water partition coefficient (Wildman–Crippen LogP) is 3.06. The van der Waals surface area contributed by atoms with Crippen LogP contribution < -0.4 is 11.2 Å². The highest BCUT2D eigenvalue weighted by molar-refractivity contribution is 5.73. The minimum absolute atomic E-state index is 0.176. The number of hydrogen-bond donors (Lipinski definition) is 0. The van der Waals surface area contributed by atoms with Gasteiger partial charge < -0.3 is 9.30 Å². The van der Waals surface area contributed by atoms with Crippen LogP contribution in [0.15, 0.2) is 58.4 Å². The average Bonchev–Trinajstić information content (AvgIpc) is 3.49. The molecule has 2 aromatic heterocycles. The maximum absolute atomic E-state index is 13.7. The second-order valence-electron chi connectivity index (χ2n) is 8.72. The maximum atomic E-state index is 13.7. The number of nitrogens with zero attached hydrogens (tertiary/aromatic N) is 5. The van der Waals surface area contributed by atoms with Crippen LogP contribution in [0.2, 0.25) is 0 Å². The Balaban J connectivity index is 1.78. The second kappa shape index (κ2) is 8.76. The number of benzene rings is 2. The summed E-state index contributed by atoms with van der Waals surface area (Å²) in [5.74, 6) is 0. The van der Waals surface area contributed by atoms with Crippen LogP contribution in [0, 0.1) is 25.2 Å². The van der Waals surface area contributed by atoms with E-state index in [0.717, 1.165) is 35.2 Å². The molecule has 34 heavy (non-hydrogen) atoms. The number of hydrogen-bond acceptors (Lipinski definition) is 5. The molecule has 1 aliphatic heterocycles. The van der Waals surface area contributed by atoms with E-state index in [-0.39, 0.29) is 12.6 Å². The summed E-state index contributed by atoms with van der Waals surface area (Å²) in [6.07, 6.45) is 3.11. The molecule has 0 aliphatic carbocycles. The number of imidazole rings is 1. The number of nitriles is 1. The van der Waals surface area contributed by atoms with Crippen LogP contribution in [0.3, 0.4) is 0 Å². The Hall–Kier alpha value is -3.96. The lowest BCUT2D eigenvalue weighted by Gasteiger charge is -2.17. The quantitative estimate of drug-likeness (QED) is 0.461. The van der Waals surface area contributed by atoms with E-state index in [1.54, 1.807) is 27.6 Å². The Kier molecular flexibility index (Phi) is 5.64. The normalized spacial score (nSPS) is 15.6. The van der Waals surface area contributed by atoms with Gasteiger partial charge in [-0.05, 0) is 49.4 Å². The Bertz CT molecular complexity index is 1530. The van der Waals surface area contributed by atoms with Crippen molar-refractivity contribution in [3.63, 3.8) is 0 Å². The van der Waals surface area contributed by atoms with E-state index in [9.17, 15) is 14.9 Å². The molecule has 5 rings (SSSR count). The van der Waals surface area contributed by atoms with E-state index in [2.05, 4.69) is 11.1 Å². The lowest BCUT2D eigenvalue weighted by atomic mass is 10.1. The van der Waals surface area contributed by atoms with Crippen LogP contribution in [-0.4, -0.2) is 31.4 Å². The summed E-state index contributed by atoms with van der Waals surface area (Å²) in [5, 5.41) is 9.51. The summed E-state index contributed by atoms with van der Waals surface area (Å²) >= 11 is 0. The minimum atomic E-state index is -0.423. The third kappa shape index (κ3) is 3.64. The topological polar surface area (TPSA) is 94.8 Å². The standard InChI is InChI=1S/C26H25N5O3/c1-17-7-5-8-18(2)22(17)31-24-23(25(32)30(26(31)33)15-21-11-6-12-34-21)29(16-28-24)14-20-10-4-3-9-19(20)13-27/h3-5,7-10,16,21H,6,11-12,14-15H2,1-2H3/t21-/m0/s1. The van der Waals surface area contributed by atoms with Crippen LogP contribution in [0.4, 0.5) is 0 Å². The maximum Gasteiger partial charge on any atom is 0.337 e. The first kappa shape index (κ1) is 21.9. The van der Waals surface area contributed by atoms with Crippen molar-refractivity contribution in [2.24, 2.45) is 0 Å². The van der Waals surface area contributed by atoms with Gasteiger partial charge >= 0.3 is 5.69 Å². The molecule has 1 atom stereocenters.